The minimum absolute atomic E-state index is 0.206. The molecule has 0 radical (unpaired) electrons. The van der Waals surface area contributed by atoms with E-state index in [1.165, 1.54) is 13.1 Å². The number of amides is 1. The second-order valence-electron chi connectivity index (χ2n) is 10.8. The average molecular weight is 600 g/mol. The Morgan fingerprint density at radius 3 is 2.64 bits per heavy atom. The lowest BCUT2D eigenvalue weighted by atomic mass is 9.97. The maximum Gasteiger partial charge on any atom is 0.416 e. The van der Waals surface area contributed by atoms with Crippen LogP contribution in [0.15, 0.2) is 72.1 Å². The van der Waals surface area contributed by atoms with E-state index >= 15 is 0 Å². The minimum Gasteiger partial charge on any atom is -0.319 e. The van der Waals surface area contributed by atoms with Gasteiger partial charge in [-0.2, -0.15) is 17.4 Å². The number of nitrogens with zero attached hydrogens (tertiary/aromatic N) is 5. The van der Waals surface area contributed by atoms with Crippen LogP contribution in [0.25, 0.3) is 5.69 Å². The zero-order chi connectivity index (χ0) is 31.6. The van der Waals surface area contributed by atoms with E-state index < -0.39 is 11.7 Å². The van der Waals surface area contributed by atoms with Gasteiger partial charge in [0.1, 0.15) is 11.5 Å². The van der Waals surface area contributed by atoms with E-state index in [1.807, 2.05) is 32.1 Å². The number of rotatable bonds is 7. The van der Waals surface area contributed by atoms with Gasteiger partial charge in [0.25, 0.3) is 0 Å². The normalized spacial score (nSPS) is 12.4. The van der Waals surface area contributed by atoms with Crippen molar-refractivity contribution in [1.29, 1.82) is 0 Å². The zero-order valence-corrected chi connectivity index (χ0v) is 24.7. The standard InChI is InChI=1S/C33H29F3N6O2/c1-21-7-8-25(17-24(21)9-10-27-19-38-32-29(39-22(2)43)6-5-12-42(27)32)30(44)16-23-14-26(33(34,35)36)18-28(15-23)41-13-11-37-31(41)20-40(3)4/h5-8,11-15,17-18H,16,19-20H2,1-4H3/p+1. The highest BCUT2D eigenvalue weighted by atomic mass is 19.4. The molecule has 0 spiro atoms. The van der Waals surface area contributed by atoms with E-state index in [9.17, 15) is 22.8 Å². The number of carbonyl (C=O) groups excluding carboxylic acids is 2. The van der Waals surface area contributed by atoms with Gasteiger partial charge in [-0.25, -0.2) is 4.98 Å². The van der Waals surface area contributed by atoms with Gasteiger partial charge in [-0.15, -0.1) is 0 Å². The summed E-state index contributed by atoms with van der Waals surface area (Å²) < 4.78 is 45.0. The molecule has 1 N–H and O–H groups in total. The molecule has 2 aromatic heterocycles. The lowest BCUT2D eigenvalue weighted by Crippen LogP contribution is -2.38. The fourth-order valence-corrected chi connectivity index (χ4v) is 4.90. The zero-order valence-electron chi connectivity index (χ0n) is 24.7. The quantitative estimate of drug-likeness (QED) is 0.198. The number of fused-ring (bicyclic) bond motifs is 1. The summed E-state index contributed by atoms with van der Waals surface area (Å²) >= 11 is 0. The van der Waals surface area contributed by atoms with E-state index in [2.05, 4.69) is 27.1 Å². The first-order valence-corrected chi connectivity index (χ1v) is 13.8. The van der Waals surface area contributed by atoms with Crippen LogP contribution in [0.4, 0.5) is 18.9 Å². The molecule has 1 aliphatic heterocycles. The fraction of sp³-hybridized carbons (Fsp3) is 0.242. The van der Waals surface area contributed by atoms with Crippen LogP contribution in [0, 0.1) is 24.5 Å². The molecule has 0 saturated heterocycles. The van der Waals surface area contributed by atoms with E-state index in [1.54, 1.807) is 51.4 Å². The topological polar surface area (TPSA) is 85.5 Å². The van der Waals surface area contributed by atoms with Crippen molar-refractivity contribution in [3.8, 4) is 17.5 Å². The van der Waals surface area contributed by atoms with Crippen LogP contribution in [0.2, 0.25) is 0 Å². The molecule has 4 aromatic rings. The lowest BCUT2D eigenvalue weighted by molar-refractivity contribution is -0.529. The number of hydrogen-bond donors (Lipinski definition) is 1. The number of nitrogens with one attached hydrogen (secondary N) is 1. The Kier molecular flexibility index (Phi) is 8.47. The van der Waals surface area contributed by atoms with Crippen LogP contribution in [-0.2, 0) is 23.9 Å². The molecule has 44 heavy (non-hydrogen) atoms. The number of pyridine rings is 1. The monoisotopic (exact) mass is 599 g/mol. The Morgan fingerprint density at radius 1 is 1.11 bits per heavy atom. The number of anilines is 1. The molecule has 0 fully saturated rings. The second kappa shape index (κ2) is 12.3. The van der Waals surface area contributed by atoms with Crippen LogP contribution in [0.3, 0.4) is 0 Å². The Labute approximate surface area is 252 Å². The third-order valence-electron chi connectivity index (χ3n) is 6.97. The molecule has 11 heteroatoms. The fourth-order valence-electron chi connectivity index (χ4n) is 4.90. The molecule has 5 rings (SSSR count). The highest BCUT2D eigenvalue weighted by Gasteiger charge is 2.32. The number of Topliss-reactive ketones (excluding diaryl/α,β-unsaturated/α-hetero) is 1. The molecule has 0 bridgehead atoms. The van der Waals surface area contributed by atoms with Crippen LogP contribution < -0.4 is 15.0 Å². The first-order valence-electron chi connectivity index (χ1n) is 13.8. The molecule has 3 heterocycles. The van der Waals surface area contributed by atoms with Crippen molar-refractivity contribution >= 4 is 17.4 Å². The first kappa shape index (κ1) is 30.4. The van der Waals surface area contributed by atoms with Crippen molar-refractivity contribution < 1.29 is 27.0 Å². The average Bonchev–Trinajstić information content (AvgIpc) is 3.59. The number of benzene rings is 2. The summed E-state index contributed by atoms with van der Waals surface area (Å²) in [5.74, 6) is 6.29. The number of halogens is 3. The van der Waals surface area contributed by atoms with Gasteiger partial charge in [-0.3, -0.25) is 9.59 Å². The SMILES string of the molecule is CC(=O)Nc1ccc[n+]2c1=NCC=2C#Cc1cc(C(=O)Cc2cc(-n3ccnc3CN(C)C)cc(C(F)(F)F)c2)ccc1C. The van der Waals surface area contributed by atoms with Gasteiger partial charge >= 0.3 is 11.7 Å². The second-order valence-corrected chi connectivity index (χ2v) is 10.8. The smallest absolute Gasteiger partial charge is 0.319 e. The molecule has 1 aliphatic rings. The van der Waals surface area contributed by atoms with E-state index in [-0.39, 0.29) is 29.4 Å². The number of aromatic nitrogens is 3. The predicted octanol–water partition coefficient (Wildman–Crippen LogP) is 4.00. The maximum absolute atomic E-state index is 13.9. The third kappa shape index (κ3) is 6.76. The summed E-state index contributed by atoms with van der Waals surface area (Å²) in [6.07, 6.45) is 0.139. The van der Waals surface area contributed by atoms with Crippen molar-refractivity contribution in [2.24, 2.45) is 4.99 Å². The number of aryl methyl sites for hydroxylation is 1. The molecule has 0 aliphatic carbocycles. The minimum atomic E-state index is -4.59. The lowest BCUT2D eigenvalue weighted by Gasteiger charge is -2.16. The van der Waals surface area contributed by atoms with Crippen molar-refractivity contribution in [1.82, 2.24) is 14.5 Å². The van der Waals surface area contributed by atoms with Gasteiger partial charge in [-0.1, -0.05) is 23.0 Å². The highest BCUT2D eigenvalue weighted by molar-refractivity contribution is 5.98. The van der Waals surface area contributed by atoms with Crippen LogP contribution >= 0.6 is 0 Å². The molecule has 224 valence electrons. The summed E-state index contributed by atoms with van der Waals surface area (Å²) in [4.78, 5) is 35.6. The Bertz CT molecular complexity index is 1970. The molecule has 2 aromatic carbocycles. The van der Waals surface area contributed by atoms with E-state index in [4.69, 9.17) is 0 Å². The van der Waals surface area contributed by atoms with Gasteiger partial charge in [-0.05, 0) is 74.5 Å². The molecule has 0 saturated carbocycles. The molecule has 0 atom stereocenters. The first-order chi connectivity index (χ1) is 20.9. The van der Waals surface area contributed by atoms with Crippen molar-refractivity contribution in [3.05, 3.63) is 112 Å². The van der Waals surface area contributed by atoms with Gasteiger partial charge < -0.3 is 14.8 Å². The maximum atomic E-state index is 13.9. The van der Waals surface area contributed by atoms with Gasteiger partial charge in [0.05, 0.1) is 18.3 Å². The van der Waals surface area contributed by atoms with Crippen LogP contribution in [0.5, 0.6) is 0 Å². The van der Waals surface area contributed by atoms with Crippen LogP contribution in [-0.4, -0.2) is 46.8 Å². The summed E-state index contributed by atoms with van der Waals surface area (Å²) in [5.41, 5.74) is 3.37. The third-order valence-corrected chi connectivity index (χ3v) is 6.97. The molecule has 0 unspecified atom stereocenters. The summed E-state index contributed by atoms with van der Waals surface area (Å²) in [5, 5.41) is 2.76. The van der Waals surface area contributed by atoms with Crippen molar-refractivity contribution in [2.75, 3.05) is 26.0 Å². The van der Waals surface area contributed by atoms with Crippen molar-refractivity contribution in [3.63, 3.8) is 0 Å². The van der Waals surface area contributed by atoms with E-state index in [0.717, 1.165) is 17.7 Å². The number of hydrogen-bond acceptors (Lipinski definition) is 5. The number of carbonyl (C=O) groups is 2. The highest BCUT2D eigenvalue weighted by Crippen LogP contribution is 2.32. The number of imidazole rings is 1. The number of ketones is 1. The van der Waals surface area contributed by atoms with Crippen molar-refractivity contribution in [2.45, 2.75) is 33.0 Å². The molecular formula is C33H30F3N6O2+. The van der Waals surface area contributed by atoms with Gasteiger partial charge in [0.15, 0.2) is 5.78 Å². The molecular weight excluding hydrogens is 569 g/mol. The van der Waals surface area contributed by atoms with Gasteiger partial charge in [0.2, 0.25) is 18.2 Å². The predicted molar refractivity (Wildman–Crippen MR) is 158 cm³/mol. The Balaban J connectivity index is 1.45. The Morgan fingerprint density at radius 2 is 1.91 bits per heavy atom. The Hall–Kier alpha value is -5.08. The van der Waals surface area contributed by atoms with Gasteiger partial charge in [0, 0.05) is 42.6 Å². The summed E-state index contributed by atoms with van der Waals surface area (Å²) in [6.45, 7) is 4.05. The largest absolute Gasteiger partial charge is 0.416 e. The van der Waals surface area contributed by atoms with Crippen LogP contribution in [0.1, 0.15) is 45.4 Å². The summed E-state index contributed by atoms with van der Waals surface area (Å²) in [7, 11) is 3.69. The van der Waals surface area contributed by atoms with E-state index in [0.29, 0.717) is 46.9 Å². The molecule has 8 nitrogen and oxygen atoms in total. The molecule has 1 amide bonds. The number of alkyl halides is 3. The summed E-state index contributed by atoms with van der Waals surface area (Å²) in [6, 6.07) is 12.3.